The first kappa shape index (κ1) is 17.9. The molecule has 0 atom stereocenters. The maximum atomic E-state index is 11.4. The van der Waals surface area contributed by atoms with Gasteiger partial charge in [0.1, 0.15) is 5.75 Å². The number of methoxy groups -OCH3 is 1. The molecule has 23 heavy (non-hydrogen) atoms. The van der Waals surface area contributed by atoms with Crippen molar-refractivity contribution < 1.29 is 9.66 Å². The first-order valence-electron chi connectivity index (χ1n) is 7.66. The highest BCUT2D eigenvalue weighted by atomic mass is 31.2. The largest absolute Gasteiger partial charge is 0.497 e. The Kier molecular flexibility index (Phi) is 4.84. The third kappa shape index (κ3) is 3.73. The fourth-order valence-electron chi connectivity index (χ4n) is 3.31. The number of ether oxygens (including phenoxy) is 1. The monoisotopic (exact) mass is 337 g/mol. The van der Waals surface area contributed by atoms with Crippen molar-refractivity contribution in [2.45, 2.75) is 25.8 Å². The summed E-state index contributed by atoms with van der Waals surface area (Å²) in [6.07, 6.45) is 3.94. The predicted octanol–water partition coefficient (Wildman–Crippen LogP) is 4.29. The molecule has 5 nitrogen and oxygen atoms in total. The van der Waals surface area contributed by atoms with Crippen LogP contribution < -0.4 is 4.74 Å². The van der Waals surface area contributed by atoms with Gasteiger partial charge in [-0.15, -0.1) is 0 Å². The van der Waals surface area contributed by atoms with Gasteiger partial charge in [0, 0.05) is 7.05 Å². The van der Waals surface area contributed by atoms with Gasteiger partial charge in [0.2, 0.25) is 0 Å². The van der Waals surface area contributed by atoms with Crippen LogP contribution in [0.2, 0.25) is 0 Å². The molecule has 1 heterocycles. The second-order valence-corrected chi connectivity index (χ2v) is 11.4. The molecule has 0 bridgehead atoms. The third-order valence-corrected chi connectivity index (χ3v) is 8.08. The van der Waals surface area contributed by atoms with Crippen molar-refractivity contribution in [2.24, 2.45) is 0 Å². The maximum Gasteiger partial charge on any atom is 0.280 e. The number of rotatable bonds is 3. The predicted molar refractivity (Wildman–Crippen MR) is 97.7 cm³/mol. The van der Waals surface area contributed by atoms with Crippen LogP contribution in [-0.2, 0) is 0 Å². The molecule has 0 N–H and O–H groups in total. The molecule has 0 amide bonds. The number of nitrogens with zero attached hydrogens (tertiary/aromatic N) is 2. The lowest BCUT2D eigenvalue weighted by atomic mass is 9.94. The van der Waals surface area contributed by atoms with Crippen LogP contribution in [0.25, 0.3) is 6.08 Å². The van der Waals surface area contributed by atoms with Crippen LogP contribution in [0.1, 0.15) is 25.8 Å². The van der Waals surface area contributed by atoms with E-state index in [4.69, 9.17) is 4.74 Å². The molecule has 0 aliphatic carbocycles. The number of nitro benzene ring substituents is 1. The van der Waals surface area contributed by atoms with Crippen LogP contribution in [-0.4, -0.2) is 48.8 Å². The van der Waals surface area contributed by atoms with Crippen LogP contribution in [0.3, 0.4) is 0 Å². The molecule has 126 valence electrons. The van der Waals surface area contributed by atoms with Crippen molar-refractivity contribution in [1.82, 2.24) is 4.67 Å². The summed E-state index contributed by atoms with van der Waals surface area (Å²) >= 11 is 0. The smallest absolute Gasteiger partial charge is 0.280 e. The molecular weight excluding hydrogens is 311 g/mol. The van der Waals surface area contributed by atoms with Gasteiger partial charge >= 0.3 is 0 Å². The van der Waals surface area contributed by atoms with Crippen molar-refractivity contribution in [3.63, 3.8) is 0 Å². The molecule has 1 fully saturated rings. The van der Waals surface area contributed by atoms with Crippen LogP contribution in [0.4, 0.5) is 5.69 Å². The van der Waals surface area contributed by atoms with Gasteiger partial charge in [0.15, 0.2) is 0 Å². The van der Waals surface area contributed by atoms with Crippen molar-refractivity contribution >= 4 is 19.2 Å². The lowest BCUT2D eigenvalue weighted by molar-refractivity contribution is -0.385. The lowest BCUT2D eigenvalue weighted by Crippen LogP contribution is -2.45. The van der Waals surface area contributed by atoms with Gasteiger partial charge in [-0.25, -0.2) is 0 Å². The molecular formula is C17H26N2O3P+. The molecule has 1 aromatic rings. The van der Waals surface area contributed by atoms with Crippen molar-refractivity contribution in [3.8, 4) is 5.75 Å². The van der Waals surface area contributed by atoms with Gasteiger partial charge < -0.3 is 4.74 Å². The molecule has 0 unspecified atom stereocenters. The van der Waals surface area contributed by atoms with E-state index in [1.54, 1.807) is 12.1 Å². The van der Waals surface area contributed by atoms with E-state index in [1.165, 1.54) is 18.7 Å². The van der Waals surface area contributed by atoms with E-state index in [9.17, 15) is 10.1 Å². The summed E-state index contributed by atoms with van der Waals surface area (Å²) in [5.41, 5.74) is 2.12. The zero-order valence-electron chi connectivity index (χ0n) is 14.8. The zero-order valence-corrected chi connectivity index (χ0v) is 15.7. The summed E-state index contributed by atoms with van der Waals surface area (Å²) in [5, 5.41) is 11.4. The summed E-state index contributed by atoms with van der Waals surface area (Å²) < 4.78 is 7.60. The SMILES string of the molecule is COc1ccc(/C=C2\CC(C)(C)N(C)[P+](C)(C)C2)c([N+](=O)[O-])c1. The molecule has 1 aliphatic rings. The van der Waals surface area contributed by atoms with Crippen LogP contribution in [0.5, 0.6) is 5.75 Å². The molecule has 1 aromatic carbocycles. The topological polar surface area (TPSA) is 55.6 Å². The average molecular weight is 337 g/mol. The summed E-state index contributed by atoms with van der Waals surface area (Å²) in [6.45, 7) is 9.13. The first-order chi connectivity index (χ1) is 10.6. The maximum absolute atomic E-state index is 11.4. The minimum atomic E-state index is -1.23. The van der Waals surface area contributed by atoms with Crippen LogP contribution in [0.15, 0.2) is 23.8 Å². The molecule has 0 spiro atoms. The molecule has 1 saturated heterocycles. The summed E-state index contributed by atoms with van der Waals surface area (Å²) in [4.78, 5) is 11.0. The standard InChI is InChI=1S/C17H26N2O3P/c1-17(2)11-13(12-23(5,6)18(17)3)9-14-7-8-15(22-4)10-16(14)19(20)21/h7-10H,11-12H2,1-6H3/q+1/b13-9+. The van der Waals surface area contributed by atoms with Gasteiger partial charge in [-0.3, -0.25) is 10.1 Å². The Balaban J connectivity index is 2.44. The zero-order chi connectivity index (χ0) is 17.4. The Bertz CT molecular complexity index is 633. The second-order valence-electron chi connectivity index (χ2n) is 7.28. The minimum absolute atomic E-state index is 0.0720. The van der Waals surface area contributed by atoms with E-state index in [-0.39, 0.29) is 16.1 Å². The fourth-order valence-corrected chi connectivity index (χ4v) is 6.25. The molecule has 0 radical (unpaired) electrons. The van der Waals surface area contributed by atoms with E-state index in [1.807, 2.05) is 6.08 Å². The quantitative estimate of drug-likeness (QED) is 0.469. The second kappa shape index (κ2) is 6.21. The normalized spacial score (nSPS) is 22.1. The van der Waals surface area contributed by atoms with Crippen LogP contribution in [0, 0.1) is 10.1 Å². The Labute approximate surface area is 138 Å². The Hall–Kier alpha value is -1.45. The minimum Gasteiger partial charge on any atom is -0.497 e. The first-order valence-corrected chi connectivity index (χ1v) is 10.5. The van der Waals surface area contributed by atoms with Gasteiger partial charge in [0.25, 0.3) is 5.69 Å². The Morgan fingerprint density at radius 1 is 1.39 bits per heavy atom. The highest BCUT2D eigenvalue weighted by molar-refractivity contribution is 7.72. The van der Waals surface area contributed by atoms with Gasteiger partial charge in [-0.05, 0) is 44.1 Å². The van der Waals surface area contributed by atoms with Gasteiger partial charge in [-0.1, -0.05) is 0 Å². The molecule has 6 heteroatoms. The molecule has 2 rings (SSSR count). The number of hydrogen-bond donors (Lipinski definition) is 0. The number of hydrogen-bond acceptors (Lipinski definition) is 4. The highest BCUT2D eigenvalue weighted by Crippen LogP contribution is 2.62. The molecule has 0 saturated carbocycles. The average Bonchev–Trinajstić information content (AvgIpc) is 2.44. The molecule has 0 aromatic heterocycles. The molecule has 1 aliphatic heterocycles. The summed E-state index contributed by atoms with van der Waals surface area (Å²) in [6, 6.07) is 5.05. The Morgan fingerprint density at radius 2 is 2.04 bits per heavy atom. The van der Waals surface area contributed by atoms with Crippen LogP contribution >= 0.6 is 7.41 Å². The highest BCUT2D eigenvalue weighted by Gasteiger charge is 2.46. The fraction of sp³-hybridized carbons (Fsp3) is 0.529. The van der Waals surface area contributed by atoms with Crippen molar-refractivity contribution in [1.29, 1.82) is 0 Å². The summed E-state index contributed by atoms with van der Waals surface area (Å²) in [5.74, 6) is 0.510. The van der Waals surface area contributed by atoms with Gasteiger partial charge in [-0.2, -0.15) is 4.67 Å². The van der Waals surface area contributed by atoms with E-state index < -0.39 is 7.41 Å². The van der Waals surface area contributed by atoms with E-state index in [0.717, 1.165) is 12.6 Å². The van der Waals surface area contributed by atoms with E-state index in [0.29, 0.717) is 11.3 Å². The number of benzene rings is 1. The van der Waals surface area contributed by atoms with E-state index >= 15 is 0 Å². The summed E-state index contributed by atoms with van der Waals surface area (Å²) in [7, 11) is 2.49. The lowest BCUT2D eigenvalue weighted by Gasteiger charge is -2.45. The third-order valence-electron chi connectivity index (χ3n) is 4.73. The van der Waals surface area contributed by atoms with Crippen molar-refractivity contribution in [3.05, 3.63) is 39.4 Å². The van der Waals surface area contributed by atoms with Gasteiger partial charge in [0.05, 0.1) is 56.1 Å². The Morgan fingerprint density at radius 3 is 2.57 bits per heavy atom. The van der Waals surface area contributed by atoms with E-state index in [2.05, 4.69) is 38.9 Å². The number of nitro groups is 1. The van der Waals surface area contributed by atoms with Crippen molar-refractivity contribution in [2.75, 3.05) is 33.6 Å².